The van der Waals surface area contributed by atoms with Crippen molar-refractivity contribution in [2.24, 2.45) is 0 Å². The zero-order valence-electron chi connectivity index (χ0n) is 21.0. The van der Waals surface area contributed by atoms with Crippen LogP contribution in [0.3, 0.4) is 0 Å². The highest BCUT2D eigenvalue weighted by Gasteiger charge is 2.30. The summed E-state index contributed by atoms with van der Waals surface area (Å²) in [6.07, 6.45) is 1.04. The summed E-state index contributed by atoms with van der Waals surface area (Å²) in [5, 5.41) is 5.58. The van der Waals surface area contributed by atoms with Crippen molar-refractivity contribution < 1.29 is 22.7 Å². The summed E-state index contributed by atoms with van der Waals surface area (Å²) in [7, 11) is -3.82. The number of amides is 2. The summed E-state index contributed by atoms with van der Waals surface area (Å²) in [4.78, 5) is 25.9. The number of nitrogens with zero attached hydrogens (tertiary/aromatic N) is 1. The fourth-order valence-corrected chi connectivity index (χ4v) is 4.70. The number of carbonyl (C=O) groups excluding carboxylic acids is 2. The first-order chi connectivity index (χ1) is 16.8. The Morgan fingerprint density at radius 3 is 2.00 bits per heavy atom. The first kappa shape index (κ1) is 26.7. The van der Waals surface area contributed by atoms with Crippen LogP contribution < -0.4 is 19.7 Å². The molecule has 9 heteroatoms. The molecule has 0 heterocycles. The zero-order valence-corrected chi connectivity index (χ0v) is 21.8. The predicted octanol–water partition coefficient (Wildman–Crippen LogP) is 4.80. The van der Waals surface area contributed by atoms with E-state index in [9.17, 15) is 18.0 Å². The van der Waals surface area contributed by atoms with Crippen LogP contribution >= 0.6 is 0 Å². The molecule has 8 nitrogen and oxygen atoms in total. The summed E-state index contributed by atoms with van der Waals surface area (Å²) in [6.45, 7) is 7.06. The molecule has 3 aromatic rings. The first-order valence-electron chi connectivity index (χ1n) is 11.4. The summed E-state index contributed by atoms with van der Waals surface area (Å²) in [6, 6.07) is 21.1. The van der Waals surface area contributed by atoms with Gasteiger partial charge >= 0.3 is 0 Å². The van der Waals surface area contributed by atoms with Gasteiger partial charge in [-0.05, 0) is 76.2 Å². The van der Waals surface area contributed by atoms with E-state index in [0.717, 1.165) is 10.6 Å². The van der Waals surface area contributed by atoms with Crippen LogP contribution in [0, 0.1) is 0 Å². The Kier molecular flexibility index (Phi) is 8.04. The molecule has 0 unspecified atom stereocenters. The fourth-order valence-electron chi connectivity index (χ4n) is 3.53. The van der Waals surface area contributed by atoms with E-state index in [1.807, 2.05) is 51.1 Å². The molecule has 0 aliphatic carbocycles. The number of rotatable bonds is 8. The summed E-state index contributed by atoms with van der Waals surface area (Å²) in [5.74, 6) is 0.238. The Morgan fingerprint density at radius 1 is 0.861 bits per heavy atom. The smallest absolute Gasteiger partial charge is 0.253 e. The molecule has 0 aliphatic rings. The second-order valence-electron chi connectivity index (χ2n) is 9.38. The van der Waals surface area contributed by atoms with E-state index < -0.39 is 27.5 Å². The van der Waals surface area contributed by atoms with Crippen LogP contribution in [-0.2, 0) is 14.8 Å². The van der Waals surface area contributed by atoms with Gasteiger partial charge in [-0.15, -0.1) is 0 Å². The second-order valence-corrected chi connectivity index (χ2v) is 11.2. The van der Waals surface area contributed by atoms with E-state index in [1.165, 1.54) is 6.92 Å². The van der Waals surface area contributed by atoms with E-state index in [2.05, 4.69) is 10.6 Å². The molecule has 0 aromatic heterocycles. The highest BCUT2D eigenvalue weighted by atomic mass is 32.2. The lowest BCUT2D eigenvalue weighted by molar-refractivity contribution is -0.116. The summed E-state index contributed by atoms with van der Waals surface area (Å²) >= 11 is 0. The number of nitrogens with one attached hydrogen (secondary N) is 2. The van der Waals surface area contributed by atoms with Crippen LogP contribution in [-0.4, -0.2) is 38.1 Å². The molecular formula is C27H31N3O5S. The lowest BCUT2D eigenvalue weighted by Gasteiger charge is -2.28. The molecule has 3 rings (SSSR count). The third-order valence-corrected chi connectivity index (χ3v) is 6.32. The number of hydrogen-bond donors (Lipinski definition) is 2. The van der Waals surface area contributed by atoms with Crippen molar-refractivity contribution in [3.63, 3.8) is 0 Å². The van der Waals surface area contributed by atoms with Crippen LogP contribution in [0.4, 0.5) is 11.4 Å². The molecule has 0 radical (unpaired) electrons. The van der Waals surface area contributed by atoms with Gasteiger partial charge in [-0.2, -0.15) is 0 Å². The van der Waals surface area contributed by atoms with Crippen molar-refractivity contribution in [2.45, 2.75) is 39.3 Å². The molecule has 0 spiro atoms. The van der Waals surface area contributed by atoms with Gasteiger partial charge in [-0.1, -0.05) is 30.3 Å². The molecule has 0 bridgehead atoms. The van der Waals surface area contributed by atoms with Gasteiger partial charge in [0, 0.05) is 5.54 Å². The first-order valence-corrected chi connectivity index (χ1v) is 13.2. The molecule has 3 aromatic carbocycles. The maximum atomic E-state index is 13.2. The van der Waals surface area contributed by atoms with E-state index >= 15 is 0 Å². The molecule has 0 saturated carbocycles. The van der Waals surface area contributed by atoms with Gasteiger partial charge < -0.3 is 15.4 Å². The summed E-state index contributed by atoms with van der Waals surface area (Å²) < 4.78 is 32.2. The molecule has 190 valence electrons. The van der Waals surface area contributed by atoms with Crippen molar-refractivity contribution in [1.29, 1.82) is 0 Å². The van der Waals surface area contributed by atoms with Gasteiger partial charge in [0.05, 0.1) is 23.2 Å². The Labute approximate surface area is 212 Å². The minimum absolute atomic E-state index is 0.279. The molecule has 2 amide bonds. The standard InChI is InChI=1S/C27H31N3O5S/c1-19(25(31)28-24-14-10-9-13-23(24)26(32)29-27(2,3)4)30(36(5,33)34)20-15-17-22(18-16-20)35-21-11-7-6-8-12-21/h6-19H,1-5H3,(H,28,31)(H,29,32)/t19-/m1/s1. The molecule has 0 aliphatic heterocycles. The van der Waals surface area contributed by atoms with Gasteiger partial charge in [-0.3, -0.25) is 13.9 Å². The number of anilines is 2. The SMILES string of the molecule is C[C@H](C(=O)Nc1ccccc1C(=O)NC(C)(C)C)N(c1ccc(Oc2ccccc2)cc1)S(C)(=O)=O. The topological polar surface area (TPSA) is 105 Å². The summed E-state index contributed by atoms with van der Waals surface area (Å²) in [5.41, 5.74) is 0.405. The van der Waals surface area contributed by atoms with Crippen molar-refractivity contribution in [1.82, 2.24) is 5.32 Å². The van der Waals surface area contributed by atoms with Crippen LogP contribution in [0.15, 0.2) is 78.9 Å². The minimum Gasteiger partial charge on any atom is -0.457 e. The van der Waals surface area contributed by atoms with Crippen molar-refractivity contribution in [3.8, 4) is 11.5 Å². The van der Waals surface area contributed by atoms with E-state index in [4.69, 9.17) is 4.74 Å². The average molecular weight is 510 g/mol. The number of ether oxygens (including phenoxy) is 1. The van der Waals surface area contributed by atoms with E-state index in [0.29, 0.717) is 17.2 Å². The predicted molar refractivity (Wildman–Crippen MR) is 142 cm³/mol. The van der Waals surface area contributed by atoms with Crippen molar-refractivity contribution in [2.75, 3.05) is 15.9 Å². The quantitative estimate of drug-likeness (QED) is 0.454. The fraction of sp³-hybridized carbons (Fsp3) is 0.259. The van der Waals surface area contributed by atoms with Gasteiger partial charge in [0.25, 0.3) is 5.91 Å². The van der Waals surface area contributed by atoms with Gasteiger partial charge in [0.15, 0.2) is 0 Å². The van der Waals surface area contributed by atoms with Crippen LogP contribution in [0.25, 0.3) is 0 Å². The van der Waals surface area contributed by atoms with Crippen molar-refractivity contribution >= 4 is 33.2 Å². The third kappa shape index (κ3) is 7.08. The van der Waals surface area contributed by atoms with E-state index in [1.54, 1.807) is 48.5 Å². The lowest BCUT2D eigenvalue weighted by atomic mass is 10.1. The molecule has 0 fully saturated rings. The lowest BCUT2D eigenvalue weighted by Crippen LogP contribution is -2.45. The average Bonchev–Trinajstić information content (AvgIpc) is 2.79. The number of hydrogen-bond acceptors (Lipinski definition) is 5. The minimum atomic E-state index is -3.82. The van der Waals surface area contributed by atoms with Gasteiger partial charge in [0.1, 0.15) is 17.5 Å². The largest absolute Gasteiger partial charge is 0.457 e. The number of para-hydroxylation sites is 2. The number of carbonyl (C=O) groups is 2. The molecule has 0 saturated heterocycles. The normalized spacial score (nSPS) is 12.4. The van der Waals surface area contributed by atoms with E-state index in [-0.39, 0.29) is 17.2 Å². The molecular weight excluding hydrogens is 478 g/mol. The number of benzene rings is 3. The Hall–Kier alpha value is -3.85. The van der Waals surface area contributed by atoms with Gasteiger partial charge in [-0.25, -0.2) is 8.42 Å². The monoisotopic (exact) mass is 509 g/mol. The van der Waals surface area contributed by atoms with Crippen LogP contribution in [0.1, 0.15) is 38.1 Å². The van der Waals surface area contributed by atoms with Gasteiger partial charge in [0.2, 0.25) is 15.9 Å². The van der Waals surface area contributed by atoms with Crippen LogP contribution in [0.2, 0.25) is 0 Å². The molecule has 1 atom stereocenters. The number of sulfonamides is 1. The Morgan fingerprint density at radius 2 is 1.42 bits per heavy atom. The third-order valence-electron chi connectivity index (χ3n) is 5.08. The highest BCUT2D eigenvalue weighted by molar-refractivity contribution is 7.92. The highest BCUT2D eigenvalue weighted by Crippen LogP contribution is 2.27. The second kappa shape index (κ2) is 10.8. The van der Waals surface area contributed by atoms with Crippen LogP contribution in [0.5, 0.6) is 11.5 Å². The molecule has 2 N–H and O–H groups in total. The molecule has 36 heavy (non-hydrogen) atoms. The Bertz CT molecular complexity index is 1320. The zero-order chi connectivity index (χ0) is 26.5. The maximum absolute atomic E-state index is 13.2. The maximum Gasteiger partial charge on any atom is 0.253 e. The Balaban J connectivity index is 1.82. The van der Waals surface area contributed by atoms with Crippen molar-refractivity contribution in [3.05, 3.63) is 84.4 Å².